The molecule has 0 bridgehead atoms. The van der Waals surface area contributed by atoms with Crippen molar-refractivity contribution in [1.29, 1.82) is 0 Å². The summed E-state index contributed by atoms with van der Waals surface area (Å²) in [5.41, 5.74) is 2.51. The molecule has 0 unspecified atom stereocenters. The van der Waals surface area contributed by atoms with Crippen molar-refractivity contribution in [2.75, 3.05) is 13.1 Å². The Morgan fingerprint density at radius 1 is 1.27 bits per heavy atom. The highest BCUT2D eigenvalue weighted by Crippen LogP contribution is 2.29. The number of benzene rings is 1. The standard InChI is InChI=1S/C18H22N2OS/c1-14-2-4-15(5-3-14)6-7-17(21)20-11-8-16(9-12-20)18-19-10-13-22-18/h2-5,10,13,16H,6-9,11-12H2,1H3. The number of aromatic nitrogens is 1. The zero-order chi connectivity index (χ0) is 15.4. The second-order valence-corrected chi connectivity index (χ2v) is 6.94. The maximum absolute atomic E-state index is 12.3. The van der Waals surface area contributed by atoms with Crippen molar-refractivity contribution in [2.24, 2.45) is 0 Å². The lowest BCUT2D eigenvalue weighted by atomic mass is 9.97. The minimum atomic E-state index is 0.290. The fraction of sp³-hybridized carbons (Fsp3) is 0.444. The molecule has 1 aliphatic heterocycles. The first-order chi connectivity index (χ1) is 10.7. The van der Waals surface area contributed by atoms with Gasteiger partial charge < -0.3 is 4.90 Å². The molecule has 0 saturated carbocycles. The van der Waals surface area contributed by atoms with E-state index < -0.39 is 0 Å². The Hall–Kier alpha value is -1.68. The van der Waals surface area contributed by atoms with Crippen molar-refractivity contribution in [2.45, 2.75) is 38.5 Å². The molecule has 22 heavy (non-hydrogen) atoms. The fourth-order valence-electron chi connectivity index (χ4n) is 2.98. The van der Waals surface area contributed by atoms with Gasteiger partial charge in [-0.3, -0.25) is 4.79 Å². The molecule has 116 valence electrons. The predicted octanol–water partition coefficient (Wildman–Crippen LogP) is 3.79. The molecule has 1 aromatic heterocycles. The number of rotatable bonds is 4. The lowest BCUT2D eigenvalue weighted by Gasteiger charge is -2.31. The quantitative estimate of drug-likeness (QED) is 0.860. The second-order valence-electron chi connectivity index (χ2n) is 6.01. The van der Waals surface area contributed by atoms with Gasteiger partial charge in [0.2, 0.25) is 5.91 Å². The molecule has 3 nitrogen and oxygen atoms in total. The van der Waals surface area contributed by atoms with Gasteiger partial charge in [-0.15, -0.1) is 11.3 Å². The summed E-state index contributed by atoms with van der Waals surface area (Å²) in [4.78, 5) is 18.8. The van der Waals surface area contributed by atoms with Crippen molar-refractivity contribution in [3.63, 3.8) is 0 Å². The van der Waals surface area contributed by atoms with Gasteiger partial charge in [0, 0.05) is 37.0 Å². The summed E-state index contributed by atoms with van der Waals surface area (Å²) in [6.07, 6.45) is 5.42. The molecule has 1 aliphatic rings. The molecule has 0 N–H and O–H groups in total. The Morgan fingerprint density at radius 3 is 2.64 bits per heavy atom. The van der Waals surface area contributed by atoms with Gasteiger partial charge in [-0.05, 0) is 31.7 Å². The van der Waals surface area contributed by atoms with E-state index >= 15 is 0 Å². The smallest absolute Gasteiger partial charge is 0.222 e. The first-order valence-electron chi connectivity index (χ1n) is 7.95. The molecule has 1 fully saturated rings. The van der Waals surface area contributed by atoms with Crippen molar-refractivity contribution >= 4 is 17.2 Å². The average molecular weight is 314 g/mol. The highest BCUT2D eigenvalue weighted by molar-refractivity contribution is 7.09. The average Bonchev–Trinajstić information content (AvgIpc) is 3.09. The minimum Gasteiger partial charge on any atom is -0.343 e. The number of carbonyl (C=O) groups excluding carboxylic acids is 1. The Balaban J connectivity index is 1.46. The molecule has 4 heteroatoms. The molecule has 2 heterocycles. The highest BCUT2D eigenvalue weighted by atomic mass is 32.1. The second kappa shape index (κ2) is 7.05. The van der Waals surface area contributed by atoms with Gasteiger partial charge in [0.05, 0.1) is 5.01 Å². The molecule has 0 aliphatic carbocycles. The van der Waals surface area contributed by atoms with Crippen molar-refractivity contribution < 1.29 is 4.79 Å². The molecule has 2 aromatic rings. The third-order valence-corrected chi connectivity index (χ3v) is 5.33. The monoisotopic (exact) mass is 314 g/mol. The van der Waals surface area contributed by atoms with E-state index in [2.05, 4.69) is 36.2 Å². The van der Waals surface area contributed by atoms with Gasteiger partial charge in [-0.25, -0.2) is 4.98 Å². The van der Waals surface area contributed by atoms with Crippen LogP contribution in [0.15, 0.2) is 35.8 Å². The van der Waals surface area contributed by atoms with Crippen LogP contribution in [0.25, 0.3) is 0 Å². The van der Waals surface area contributed by atoms with Crippen LogP contribution in [-0.2, 0) is 11.2 Å². The fourth-order valence-corrected chi connectivity index (χ4v) is 3.79. The number of carbonyl (C=O) groups is 1. The van der Waals surface area contributed by atoms with E-state index in [1.807, 2.05) is 16.5 Å². The van der Waals surface area contributed by atoms with Crippen molar-refractivity contribution in [1.82, 2.24) is 9.88 Å². The summed E-state index contributed by atoms with van der Waals surface area (Å²) in [5.74, 6) is 0.833. The third kappa shape index (κ3) is 3.74. The normalized spacial score (nSPS) is 16.0. The van der Waals surface area contributed by atoms with Crippen LogP contribution in [0, 0.1) is 6.92 Å². The van der Waals surface area contributed by atoms with E-state index in [0.717, 1.165) is 32.4 Å². The topological polar surface area (TPSA) is 33.2 Å². The van der Waals surface area contributed by atoms with Gasteiger partial charge in [-0.2, -0.15) is 0 Å². The summed E-state index contributed by atoms with van der Waals surface area (Å²) < 4.78 is 0. The minimum absolute atomic E-state index is 0.290. The van der Waals surface area contributed by atoms with Crippen LogP contribution in [0.4, 0.5) is 0 Å². The molecule has 0 radical (unpaired) electrons. The van der Waals surface area contributed by atoms with Crippen LogP contribution >= 0.6 is 11.3 Å². The zero-order valence-electron chi connectivity index (χ0n) is 13.0. The summed E-state index contributed by atoms with van der Waals surface area (Å²) >= 11 is 1.73. The van der Waals surface area contributed by atoms with Crippen LogP contribution in [0.2, 0.25) is 0 Å². The van der Waals surface area contributed by atoms with Crippen LogP contribution in [-0.4, -0.2) is 28.9 Å². The van der Waals surface area contributed by atoms with E-state index in [1.54, 1.807) is 11.3 Å². The molecule has 0 atom stereocenters. The van der Waals surface area contributed by atoms with E-state index in [4.69, 9.17) is 0 Å². The zero-order valence-corrected chi connectivity index (χ0v) is 13.8. The lowest BCUT2D eigenvalue weighted by molar-refractivity contribution is -0.132. The molecule has 1 amide bonds. The summed E-state index contributed by atoms with van der Waals surface area (Å²) in [7, 11) is 0. The Morgan fingerprint density at radius 2 is 2.00 bits per heavy atom. The number of nitrogens with zero attached hydrogens (tertiary/aromatic N) is 2. The van der Waals surface area contributed by atoms with E-state index in [0.29, 0.717) is 12.3 Å². The maximum Gasteiger partial charge on any atom is 0.222 e. The predicted molar refractivity (Wildman–Crippen MR) is 90.2 cm³/mol. The number of likely N-dealkylation sites (tertiary alicyclic amines) is 1. The number of piperidine rings is 1. The molecule has 1 aromatic carbocycles. The van der Waals surface area contributed by atoms with Crippen LogP contribution in [0.1, 0.15) is 41.3 Å². The van der Waals surface area contributed by atoms with E-state index in [-0.39, 0.29) is 5.91 Å². The van der Waals surface area contributed by atoms with E-state index in [9.17, 15) is 4.79 Å². The molecular weight excluding hydrogens is 292 g/mol. The molecule has 0 spiro atoms. The first kappa shape index (κ1) is 15.2. The van der Waals surface area contributed by atoms with Crippen molar-refractivity contribution in [3.8, 4) is 0 Å². The van der Waals surface area contributed by atoms with Crippen LogP contribution in [0.3, 0.4) is 0 Å². The third-order valence-electron chi connectivity index (χ3n) is 4.40. The van der Waals surface area contributed by atoms with Gasteiger partial charge in [0.1, 0.15) is 0 Å². The first-order valence-corrected chi connectivity index (χ1v) is 8.83. The largest absolute Gasteiger partial charge is 0.343 e. The Kier molecular flexibility index (Phi) is 4.88. The van der Waals surface area contributed by atoms with Gasteiger partial charge in [0.25, 0.3) is 0 Å². The van der Waals surface area contributed by atoms with Gasteiger partial charge in [-0.1, -0.05) is 29.8 Å². The van der Waals surface area contributed by atoms with Crippen LogP contribution < -0.4 is 0 Å². The Labute approximate surface area is 136 Å². The lowest BCUT2D eigenvalue weighted by Crippen LogP contribution is -2.38. The number of aryl methyl sites for hydroxylation is 2. The number of amides is 1. The molecule has 3 rings (SSSR count). The Bertz CT molecular complexity index is 599. The molecular formula is C18H22N2OS. The van der Waals surface area contributed by atoms with Gasteiger partial charge in [0.15, 0.2) is 0 Å². The van der Waals surface area contributed by atoms with Crippen molar-refractivity contribution in [3.05, 3.63) is 52.0 Å². The van der Waals surface area contributed by atoms with Crippen LogP contribution in [0.5, 0.6) is 0 Å². The molecule has 1 saturated heterocycles. The number of thiazole rings is 1. The summed E-state index contributed by atoms with van der Waals surface area (Å²) in [6, 6.07) is 8.47. The SMILES string of the molecule is Cc1ccc(CCC(=O)N2CCC(c3nccs3)CC2)cc1. The maximum atomic E-state index is 12.3. The highest BCUT2D eigenvalue weighted by Gasteiger charge is 2.24. The van der Waals surface area contributed by atoms with Gasteiger partial charge >= 0.3 is 0 Å². The summed E-state index contributed by atoms with van der Waals surface area (Å²) in [6.45, 7) is 3.83. The van der Waals surface area contributed by atoms with E-state index in [1.165, 1.54) is 16.1 Å². The number of hydrogen-bond donors (Lipinski definition) is 0. The summed E-state index contributed by atoms with van der Waals surface area (Å²) in [5, 5.41) is 3.26. The number of hydrogen-bond acceptors (Lipinski definition) is 3.